The second-order valence-corrected chi connectivity index (χ2v) is 5.26. The lowest BCUT2D eigenvalue weighted by Gasteiger charge is -2.07. The Morgan fingerprint density at radius 2 is 1.90 bits per heavy atom. The maximum atomic E-state index is 12.0. The van der Waals surface area contributed by atoms with Crippen LogP contribution >= 0.6 is 0 Å². The van der Waals surface area contributed by atoms with E-state index in [2.05, 4.69) is 21.6 Å². The number of aryl methyl sites for hydroxylation is 4. The molecule has 0 atom stereocenters. The van der Waals surface area contributed by atoms with Crippen LogP contribution in [0.5, 0.6) is 0 Å². The lowest BCUT2D eigenvalue weighted by Crippen LogP contribution is -2.25. The summed E-state index contributed by atoms with van der Waals surface area (Å²) in [5.41, 5.74) is 5.28. The molecule has 1 heterocycles. The second-order valence-electron chi connectivity index (χ2n) is 5.26. The fourth-order valence-electron chi connectivity index (χ4n) is 2.32. The lowest BCUT2D eigenvalue weighted by atomic mass is 10.1. The van der Waals surface area contributed by atoms with Gasteiger partial charge in [0.05, 0.1) is 6.20 Å². The third kappa shape index (κ3) is 3.70. The van der Waals surface area contributed by atoms with Crippen LogP contribution in [0, 0.1) is 20.8 Å². The molecule has 0 aliphatic carbocycles. The fourth-order valence-corrected chi connectivity index (χ4v) is 2.32. The molecule has 0 aliphatic heterocycles. The van der Waals surface area contributed by atoms with E-state index in [1.165, 1.54) is 5.56 Å². The normalized spacial score (nSPS) is 10.6. The van der Waals surface area contributed by atoms with E-state index in [4.69, 9.17) is 0 Å². The summed E-state index contributed by atoms with van der Waals surface area (Å²) in [5, 5.41) is 9.88. The Labute approximate surface area is 119 Å². The summed E-state index contributed by atoms with van der Waals surface area (Å²) in [6.07, 6.45) is 3.69. The van der Waals surface area contributed by atoms with Gasteiger partial charge in [0.15, 0.2) is 0 Å². The Morgan fingerprint density at radius 1 is 1.20 bits per heavy atom. The third-order valence-electron chi connectivity index (χ3n) is 3.33. The maximum Gasteiger partial charge on any atom is 0.251 e. The van der Waals surface area contributed by atoms with Crippen molar-refractivity contribution in [2.45, 2.75) is 33.6 Å². The van der Waals surface area contributed by atoms with E-state index in [9.17, 15) is 4.79 Å². The van der Waals surface area contributed by atoms with E-state index in [1.54, 1.807) is 0 Å². The fraction of sp³-hybridized carbons (Fsp3) is 0.375. The number of aromatic nitrogens is 2. The number of carbonyl (C=O) groups excluding carboxylic acids is 1. The van der Waals surface area contributed by atoms with E-state index in [0.29, 0.717) is 6.54 Å². The number of carbonyl (C=O) groups is 1. The molecule has 2 N–H and O–H groups in total. The van der Waals surface area contributed by atoms with Gasteiger partial charge in [-0.3, -0.25) is 9.89 Å². The summed E-state index contributed by atoms with van der Waals surface area (Å²) in [4.78, 5) is 12.0. The largest absolute Gasteiger partial charge is 0.352 e. The van der Waals surface area contributed by atoms with E-state index in [1.807, 2.05) is 39.1 Å². The first-order valence-electron chi connectivity index (χ1n) is 6.91. The molecular weight excluding hydrogens is 250 g/mol. The molecule has 4 nitrogen and oxygen atoms in total. The Kier molecular flexibility index (Phi) is 4.56. The third-order valence-corrected chi connectivity index (χ3v) is 3.33. The number of amides is 1. The van der Waals surface area contributed by atoms with Crippen molar-refractivity contribution in [3.8, 4) is 0 Å². The Balaban J connectivity index is 1.82. The molecule has 0 bridgehead atoms. The molecule has 1 amide bonds. The minimum atomic E-state index is 0.000663. The first-order valence-corrected chi connectivity index (χ1v) is 6.91. The molecule has 0 saturated heterocycles. The van der Waals surface area contributed by atoms with Crippen molar-refractivity contribution in [1.82, 2.24) is 15.5 Å². The number of H-pyrrole nitrogens is 1. The molecule has 0 spiro atoms. The van der Waals surface area contributed by atoms with Crippen LogP contribution in [0.1, 0.15) is 39.2 Å². The molecule has 0 radical (unpaired) electrons. The van der Waals surface area contributed by atoms with Gasteiger partial charge in [-0.15, -0.1) is 0 Å². The van der Waals surface area contributed by atoms with Crippen LogP contribution in [0.3, 0.4) is 0 Å². The average Bonchev–Trinajstić information content (AvgIpc) is 2.79. The van der Waals surface area contributed by atoms with E-state index >= 15 is 0 Å². The highest BCUT2D eigenvalue weighted by Gasteiger charge is 2.06. The van der Waals surface area contributed by atoms with E-state index < -0.39 is 0 Å². The smallest absolute Gasteiger partial charge is 0.251 e. The average molecular weight is 271 g/mol. The highest BCUT2D eigenvalue weighted by Crippen LogP contribution is 2.09. The number of nitrogens with zero attached hydrogens (tertiary/aromatic N) is 1. The van der Waals surface area contributed by atoms with Crippen molar-refractivity contribution in [2.24, 2.45) is 0 Å². The number of nitrogens with one attached hydrogen (secondary N) is 2. The number of hydrogen-bond donors (Lipinski definition) is 2. The quantitative estimate of drug-likeness (QED) is 0.821. The van der Waals surface area contributed by atoms with Gasteiger partial charge in [0.2, 0.25) is 0 Å². The van der Waals surface area contributed by atoms with Crippen LogP contribution in [0.2, 0.25) is 0 Å². The lowest BCUT2D eigenvalue weighted by molar-refractivity contribution is 0.0953. The van der Waals surface area contributed by atoms with Crippen LogP contribution in [0.15, 0.2) is 24.4 Å². The summed E-state index contributed by atoms with van der Waals surface area (Å²) in [7, 11) is 0. The highest BCUT2D eigenvalue weighted by atomic mass is 16.1. The number of benzene rings is 1. The summed E-state index contributed by atoms with van der Waals surface area (Å²) in [5.74, 6) is 0.000663. The predicted octanol–water partition coefficient (Wildman–Crippen LogP) is 2.70. The molecule has 2 aromatic rings. The molecule has 0 aliphatic rings. The van der Waals surface area contributed by atoms with Gasteiger partial charge in [-0.25, -0.2) is 0 Å². The molecule has 4 heteroatoms. The maximum absolute atomic E-state index is 12.0. The number of hydrogen-bond acceptors (Lipinski definition) is 2. The summed E-state index contributed by atoms with van der Waals surface area (Å²) in [6, 6.07) is 5.91. The first kappa shape index (κ1) is 14.3. The van der Waals surface area contributed by atoms with Crippen molar-refractivity contribution in [3.05, 3.63) is 52.3 Å². The van der Waals surface area contributed by atoms with Crippen molar-refractivity contribution < 1.29 is 4.79 Å². The summed E-state index contributed by atoms with van der Waals surface area (Å²) < 4.78 is 0. The molecule has 1 aromatic heterocycles. The van der Waals surface area contributed by atoms with Gasteiger partial charge in [-0.1, -0.05) is 17.2 Å². The van der Waals surface area contributed by atoms with Gasteiger partial charge in [0, 0.05) is 17.8 Å². The molecule has 20 heavy (non-hydrogen) atoms. The molecule has 1 aromatic carbocycles. The van der Waals surface area contributed by atoms with Gasteiger partial charge in [-0.05, 0) is 51.3 Å². The summed E-state index contributed by atoms with van der Waals surface area (Å²) in [6.45, 7) is 6.70. The van der Waals surface area contributed by atoms with E-state index in [-0.39, 0.29) is 5.91 Å². The molecular formula is C16H21N3O. The minimum Gasteiger partial charge on any atom is -0.352 e. The summed E-state index contributed by atoms with van der Waals surface area (Å²) >= 11 is 0. The number of aromatic amines is 1. The van der Waals surface area contributed by atoms with Crippen LogP contribution in [-0.2, 0) is 6.42 Å². The molecule has 0 fully saturated rings. The topological polar surface area (TPSA) is 57.8 Å². The Bertz CT molecular complexity index is 581. The molecule has 0 unspecified atom stereocenters. The van der Waals surface area contributed by atoms with Crippen molar-refractivity contribution >= 4 is 5.91 Å². The van der Waals surface area contributed by atoms with Gasteiger partial charge < -0.3 is 5.32 Å². The zero-order valence-corrected chi connectivity index (χ0v) is 12.3. The Morgan fingerprint density at radius 3 is 2.50 bits per heavy atom. The van der Waals surface area contributed by atoms with E-state index in [0.717, 1.165) is 35.2 Å². The predicted molar refractivity (Wildman–Crippen MR) is 79.9 cm³/mol. The van der Waals surface area contributed by atoms with Crippen molar-refractivity contribution in [3.63, 3.8) is 0 Å². The van der Waals surface area contributed by atoms with Crippen molar-refractivity contribution in [2.75, 3.05) is 6.54 Å². The zero-order valence-electron chi connectivity index (χ0n) is 12.3. The van der Waals surface area contributed by atoms with Crippen molar-refractivity contribution in [1.29, 1.82) is 0 Å². The van der Waals surface area contributed by atoms with Crippen LogP contribution in [0.25, 0.3) is 0 Å². The minimum absolute atomic E-state index is 0.000663. The second kappa shape index (κ2) is 6.37. The molecule has 2 rings (SSSR count). The van der Waals surface area contributed by atoms with Gasteiger partial charge in [0.1, 0.15) is 0 Å². The van der Waals surface area contributed by atoms with Gasteiger partial charge in [-0.2, -0.15) is 5.10 Å². The monoisotopic (exact) mass is 271 g/mol. The highest BCUT2D eigenvalue weighted by molar-refractivity contribution is 5.94. The van der Waals surface area contributed by atoms with Gasteiger partial charge in [0.25, 0.3) is 5.91 Å². The van der Waals surface area contributed by atoms with Crippen LogP contribution in [-0.4, -0.2) is 22.6 Å². The van der Waals surface area contributed by atoms with Gasteiger partial charge >= 0.3 is 0 Å². The standard InChI is InChI=1S/C16H21N3O/c1-11-7-12(2)9-15(8-11)16(20)17-6-4-5-14-10-18-19-13(14)3/h7-10H,4-6H2,1-3H3,(H,17,20)(H,18,19). The SMILES string of the molecule is Cc1cc(C)cc(C(=O)NCCCc2cn[nH]c2C)c1. The molecule has 106 valence electrons. The Hall–Kier alpha value is -2.10. The zero-order chi connectivity index (χ0) is 14.5. The first-order chi connectivity index (χ1) is 9.56. The van der Waals surface area contributed by atoms with Crippen LogP contribution < -0.4 is 5.32 Å². The van der Waals surface area contributed by atoms with Crippen LogP contribution in [0.4, 0.5) is 0 Å². The number of rotatable bonds is 5. The molecule has 0 saturated carbocycles.